The van der Waals surface area contributed by atoms with Crippen LogP contribution in [-0.2, 0) is 11.2 Å². The molecular formula is C13H11N3O3S. The number of amides is 1. The lowest BCUT2D eigenvalue weighted by Gasteiger charge is -2.32. The zero-order valence-electron chi connectivity index (χ0n) is 10.4. The molecule has 3 rings (SSSR count). The van der Waals surface area contributed by atoms with E-state index in [0.717, 1.165) is 22.8 Å². The summed E-state index contributed by atoms with van der Waals surface area (Å²) in [6, 6.07) is 7.38. The summed E-state index contributed by atoms with van der Waals surface area (Å²) < 4.78 is 3.68. The first-order valence-electron chi connectivity index (χ1n) is 6.06. The highest BCUT2D eigenvalue weighted by Gasteiger charge is 2.33. The Kier molecular flexibility index (Phi) is 3.19. The number of hydrogen-bond acceptors (Lipinski definition) is 5. The Morgan fingerprint density at radius 1 is 1.35 bits per heavy atom. The molecule has 0 saturated heterocycles. The molecule has 2 heterocycles. The van der Waals surface area contributed by atoms with Gasteiger partial charge in [-0.2, -0.15) is 0 Å². The predicted octanol–water partition coefficient (Wildman–Crippen LogP) is 1.44. The van der Waals surface area contributed by atoms with Crippen LogP contribution in [0.15, 0.2) is 30.5 Å². The highest BCUT2D eigenvalue weighted by molar-refractivity contribution is 7.07. The number of para-hydroxylation sites is 1. The number of carbonyl (C=O) groups excluding carboxylic acids is 1. The zero-order valence-corrected chi connectivity index (χ0v) is 11.2. The average molecular weight is 289 g/mol. The smallest absolute Gasteiger partial charge is 0.308 e. The number of anilines is 1. The van der Waals surface area contributed by atoms with Crippen molar-refractivity contribution in [2.75, 3.05) is 11.4 Å². The van der Waals surface area contributed by atoms with Crippen molar-refractivity contribution >= 4 is 29.1 Å². The largest absolute Gasteiger partial charge is 0.481 e. The molecule has 6 nitrogen and oxygen atoms in total. The van der Waals surface area contributed by atoms with Crippen molar-refractivity contribution in [1.29, 1.82) is 0 Å². The summed E-state index contributed by atoms with van der Waals surface area (Å²) in [4.78, 5) is 25.6. The van der Waals surface area contributed by atoms with Crippen molar-refractivity contribution < 1.29 is 14.7 Å². The van der Waals surface area contributed by atoms with E-state index in [2.05, 4.69) is 9.59 Å². The van der Waals surface area contributed by atoms with E-state index in [0.29, 0.717) is 11.3 Å². The standard InChI is InChI=1S/C13H11N3O3S/c17-12(11-6-14-15-20-11)16-7-9(13(18)19)5-8-3-1-2-4-10(8)16/h1-4,6,9H,5,7H2,(H,18,19). The van der Waals surface area contributed by atoms with Gasteiger partial charge < -0.3 is 10.0 Å². The number of hydrogen-bond donors (Lipinski definition) is 1. The summed E-state index contributed by atoms with van der Waals surface area (Å²) in [5.41, 5.74) is 1.64. The molecule has 1 N–H and O–H groups in total. The number of benzene rings is 1. The van der Waals surface area contributed by atoms with E-state index in [1.54, 1.807) is 0 Å². The monoisotopic (exact) mass is 289 g/mol. The number of fused-ring (bicyclic) bond motifs is 1. The molecule has 0 spiro atoms. The van der Waals surface area contributed by atoms with E-state index in [9.17, 15) is 14.7 Å². The third-order valence-corrected chi connectivity index (χ3v) is 3.97. The fraction of sp³-hybridized carbons (Fsp3) is 0.231. The van der Waals surface area contributed by atoms with E-state index >= 15 is 0 Å². The highest BCUT2D eigenvalue weighted by Crippen LogP contribution is 2.31. The van der Waals surface area contributed by atoms with E-state index in [-0.39, 0.29) is 12.5 Å². The summed E-state index contributed by atoms with van der Waals surface area (Å²) in [6.45, 7) is 0.170. The maximum atomic E-state index is 12.5. The van der Waals surface area contributed by atoms with Crippen LogP contribution in [0.5, 0.6) is 0 Å². The predicted molar refractivity (Wildman–Crippen MR) is 72.9 cm³/mol. The minimum Gasteiger partial charge on any atom is -0.481 e. The Hall–Kier alpha value is -2.28. The molecule has 1 amide bonds. The van der Waals surface area contributed by atoms with Crippen molar-refractivity contribution in [2.45, 2.75) is 6.42 Å². The lowest BCUT2D eigenvalue weighted by molar-refractivity contribution is -0.141. The summed E-state index contributed by atoms with van der Waals surface area (Å²) >= 11 is 1.01. The highest BCUT2D eigenvalue weighted by atomic mass is 32.1. The number of nitrogens with zero attached hydrogens (tertiary/aromatic N) is 3. The summed E-state index contributed by atoms with van der Waals surface area (Å²) in [5.74, 6) is -1.73. The molecule has 1 aliphatic rings. The minimum atomic E-state index is -0.889. The van der Waals surface area contributed by atoms with Gasteiger partial charge in [0.1, 0.15) is 4.88 Å². The van der Waals surface area contributed by atoms with Gasteiger partial charge >= 0.3 is 5.97 Å². The number of rotatable bonds is 2. The van der Waals surface area contributed by atoms with Gasteiger partial charge in [0, 0.05) is 12.2 Å². The van der Waals surface area contributed by atoms with Crippen molar-refractivity contribution in [2.24, 2.45) is 5.92 Å². The Balaban J connectivity index is 2.01. The fourth-order valence-corrected chi connectivity index (χ4v) is 2.81. The second-order valence-corrected chi connectivity index (χ2v) is 5.35. The fourth-order valence-electron chi connectivity index (χ4n) is 2.35. The van der Waals surface area contributed by atoms with Gasteiger partial charge in [0.2, 0.25) is 0 Å². The number of carboxylic acids is 1. The Bertz CT molecular complexity index is 657. The first-order chi connectivity index (χ1) is 9.66. The van der Waals surface area contributed by atoms with E-state index in [4.69, 9.17) is 0 Å². The summed E-state index contributed by atoms with van der Waals surface area (Å²) in [5, 5.41) is 12.9. The van der Waals surface area contributed by atoms with Crippen LogP contribution >= 0.6 is 11.5 Å². The van der Waals surface area contributed by atoms with Crippen LogP contribution in [0.4, 0.5) is 5.69 Å². The number of carbonyl (C=O) groups is 2. The van der Waals surface area contributed by atoms with Gasteiger partial charge in [-0.3, -0.25) is 9.59 Å². The normalized spacial score (nSPS) is 17.6. The van der Waals surface area contributed by atoms with Gasteiger partial charge in [-0.1, -0.05) is 22.7 Å². The SMILES string of the molecule is O=C(O)C1Cc2ccccc2N(C(=O)c2cnns2)C1. The van der Waals surface area contributed by atoms with Crippen molar-refractivity contribution in [3.05, 3.63) is 40.9 Å². The molecule has 102 valence electrons. The van der Waals surface area contributed by atoms with Crippen LogP contribution in [0.25, 0.3) is 0 Å². The maximum Gasteiger partial charge on any atom is 0.308 e. The van der Waals surface area contributed by atoms with Gasteiger partial charge in [0.15, 0.2) is 0 Å². The lowest BCUT2D eigenvalue weighted by Crippen LogP contribution is -2.42. The second kappa shape index (κ2) is 5.01. The third kappa shape index (κ3) is 2.16. The van der Waals surface area contributed by atoms with Crippen molar-refractivity contribution in [3.8, 4) is 0 Å². The minimum absolute atomic E-state index is 0.170. The molecule has 1 aromatic heterocycles. The molecule has 1 atom stereocenters. The molecule has 1 unspecified atom stereocenters. The second-order valence-electron chi connectivity index (χ2n) is 4.57. The Morgan fingerprint density at radius 3 is 2.85 bits per heavy atom. The zero-order chi connectivity index (χ0) is 14.1. The molecule has 0 fully saturated rings. The number of carboxylic acid groups (broad SMARTS) is 1. The quantitative estimate of drug-likeness (QED) is 0.904. The Morgan fingerprint density at radius 2 is 2.15 bits per heavy atom. The van der Waals surface area contributed by atoms with Crippen LogP contribution < -0.4 is 4.90 Å². The lowest BCUT2D eigenvalue weighted by atomic mass is 9.92. The molecule has 0 radical (unpaired) electrons. The van der Waals surface area contributed by atoms with E-state index < -0.39 is 11.9 Å². The van der Waals surface area contributed by atoms with Crippen LogP contribution in [0.3, 0.4) is 0 Å². The van der Waals surface area contributed by atoms with Gasteiger partial charge in [0.25, 0.3) is 5.91 Å². The summed E-state index contributed by atoms with van der Waals surface area (Å²) in [6.07, 6.45) is 1.84. The van der Waals surface area contributed by atoms with Crippen molar-refractivity contribution in [3.63, 3.8) is 0 Å². The average Bonchev–Trinajstić information content (AvgIpc) is 2.99. The van der Waals surface area contributed by atoms with Gasteiger partial charge in [-0.25, -0.2) is 0 Å². The molecule has 1 aliphatic heterocycles. The van der Waals surface area contributed by atoms with Gasteiger partial charge in [0.05, 0.1) is 12.1 Å². The molecule has 0 bridgehead atoms. The number of aliphatic carboxylic acids is 1. The Labute approximate surface area is 118 Å². The summed E-state index contributed by atoms with van der Waals surface area (Å²) in [7, 11) is 0. The third-order valence-electron chi connectivity index (χ3n) is 3.32. The first-order valence-corrected chi connectivity index (χ1v) is 6.84. The first kappa shape index (κ1) is 12.7. The van der Waals surface area contributed by atoms with Crippen LogP contribution in [-0.4, -0.2) is 33.1 Å². The van der Waals surface area contributed by atoms with Gasteiger partial charge in [-0.15, -0.1) is 5.10 Å². The molecular weight excluding hydrogens is 278 g/mol. The molecule has 2 aromatic rings. The molecule has 0 aliphatic carbocycles. The van der Waals surface area contributed by atoms with Crippen LogP contribution in [0.2, 0.25) is 0 Å². The molecule has 0 saturated carbocycles. The maximum absolute atomic E-state index is 12.5. The van der Waals surface area contributed by atoms with E-state index in [1.807, 2.05) is 24.3 Å². The molecule has 1 aromatic carbocycles. The van der Waals surface area contributed by atoms with Gasteiger partial charge in [-0.05, 0) is 29.6 Å². The van der Waals surface area contributed by atoms with Crippen LogP contribution in [0.1, 0.15) is 15.2 Å². The van der Waals surface area contributed by atoms with Crippen LogP contribution in [0, 0.1) is 5.92 Å². The molecule has 7 heteroatoms. The number of aromatic nitrogens is 2. The molecule has 20 heavy (non-hydrogen) atoms. The topological polar surface area (TPSA) is 83.4 Å². The van der Waals surface area contributed by atoms with E-state index in [1.165, 1.54) is 11.1 Å². The van der Waals surface area contributed by atoms with Crippen molar-refractivity contribution in [1.82, 2.24) is 9.59 Å².